The third-order valence-corrected chi connectivity index (χ3v) is 5.64. The van der Waals surface area contributed by atoms with E-state index in [1.54, 1.807) is 0 Å². The summed E-state index contributed by atoms with van der Waals surface area (Å²) in [6.45, 7) is 8.86. The molecule has 0 spiro atoms. The van der Waals surface area contributed by atoms with Gasteiger partial charge >= 0.3 is 0 Å². The van der Waals surface area contributed by atoms with Crippen molar-refractivity contribution in [1.82, 2.24) is 14.7 Å². The van der Waals surface area contributed by atoms with Crippen molar-refractivity contribution < 1.29 is 14.3 Å². The summed E-state index contributed by atoms with van der Waals surface area (Å²) in [5.41, 5.74) is 2.82. The van der Waals surface area contributed by atoms with E-state index >= 15 is 0 Å². The first-order valence-corrected chi connectivity index (χ1v) is 9.69. The summed E-state index contributed by atoms with van der Waals surface area (Å²) in [4.78, 5) is 15.1. The van der Waals surface area contributed by atoms with E-state index in [0.29, 0.717) is 6.79 Å². The van der Waals surface area contributed by atoms with Crippen LogP contribution in [0.2, 0.25) is 0 Å². The largest absolute Gasteiger partial charge is 0.454 e. The lowest BCUT2D eigenvalue weighted by molar-refractivity contribution is 0.0550. The molecule has 1 fully saturated rings. The van der Waals surface area contributed by atoms with Crippen LogP contribution in [0.25, 0.3) is 0 Å². The highest BCUT2D eigenvalue weighted by atomic mass is 16.7. The number of carbonyl (C=O) groups excluding carboxylic acids is 1. The molecule has 0 saturated carbocycles. The second-order valence-electron chi connectivity index (χ2n) is 7.99. The van der Waals surface area contributed by atoms with E-state index in [-0.39, 0.29) is 11.3 Å². The van der Waals surface area contributed by atoms with Gasteiger partial charge in [0.25, 0.3) is 5.91 Å². The number of piperidine rings is 1. The normalized spacial score (nSPS) is 21.5. The average Bonchev–Trinajstić information content (AvgIpc) is 3.26. The maximum atomic E-state index is 13.1. The van der Waals surface area contributed by atoms with Crippen molar-refractivity contribution in [3.63, 3.8) is 0 Å². The molecule has 1 saturated heterocycles. The van der Waals surface area contributed by atoms with E-state index in [4.69, 9.17) is 9.47 Å². The van der Waals surface area contributed by atoms with Crippen molar-refractivity contribution in [2.24, 2.45) is 5.41 Å². The lowest BCUT2D eigenvalue weighted by atomic mass is 9.76. The fourth-order valence-corrected chi connectivity index (χ4v) is 4.24. The molecule has 1 amide bonds. The van der Waals surface area contributed by atoms with Gasteiger partial charge in [0, 0.05) is 25.8 Å². The van der Waals surface area contributed by atoms with E-state index in [1.165, 1.54) is 5.56 Å². The van der Waals surface area contributed by atoms with E-state index < -0.39 is 0 Å². The Hall–Kier alpha value is -2.50. The number of hydrogen-bond donors (Lipinski definition) is 0. The van der Waals surface area contributed by atoms with E-state index in [9.17, 15) is 4.79 Å². The zero-order valence-corrected chi connectivity index (χ0v) is 16.3. The predicted molar refractivity (Wildman–Crippen MR) is 102 cm³/mol. The van der Waals surface area contributed by atoms with Crippen molar-refractivity contribution in [3.05, 3.63) is 41.2 Å². The molecule has 0 N–H and O–H groups in total. The Bertz CT molecular complexity index is 860. The molecule has 6 heteroatoms. The second-order valence-corrected chi connectivity index (χ2v) is 7.99. The fraction of sp³-hybridized carbons (Fsp3) is 0.524. The fourth-order valence-electron chi connectivity index (χ4n) is 4.24. The van der Waals surface area contributed by atoms with Gasteiger partial charge in [-0.15, -0.1) is 0 Å². The summed E-state index contributed by atoms with van der Waals surface area (Å²) in [7, 11) is 0. The molecule has 2 aromatic rings. The number of benzene rings is 1. The number of likely N-dealkylation sites (tertiary alicyclic amines) is 1. The smallest absolute Gasteiger partial charge is 0.257 e. The third kappa shape index (κ3) is 3.53. The number of fused-ring (bicyclic) bond motifs is 1. The van der Waals surface area contributed by atoms with Crippen LogP contribution in [0.1, 0.15) is 48.3 Å². The van der Waals surface area contributed by atoms with Gasteiger partial charge < -0.3 is 14.4 Å². The van der Waals surface area contributed by atoms with Crippen LogP contribution in [-0.2, 0) is 13.0 Å². The van der Waals surface area contributed by atoms with Gasteiger partial charge in [0.1, 0.15) is 0 Å². The Labute approximate surface area is 160 Å². The quantitative estimate of drug-likeness (QED) is 0.829. The summed E-state index contributed by atoms with van der Waals surface area (Å²) in [5.74, 6) is 1.74. The lowest BCUT2D eigenvalue weighted by Crippen LogP contribution is -2.45. The first kappa shape index (κ1) is 17.9. The van der Waals surface area contributed by atoms with E-state index in [0.717, 1.165) is 61.7 Å². The molecular formula is C21H27N3O3. The average molecular weight is 369 g/mol. The van der Waals surface area contributed by atoms with Crippen molar-refractivity contribution in [2.75, 3.05) is 19.9 Å². The summed E-state index contributed by atoms with van der Waals surface area (Å²) >= 11 is 0. The molecule has 6 nitrogen and oxygen atoms in total. The molecule has 0 radical (unpaired) electrons. The van der Waals surface area contributed by atoms with Crippen LogP contribution in [0.5, 0.6) is 11.5 Å². The molecular weight excluding hydrogens is 342 g/mol. The van der Waals surface area contributed by atoms with Crippen LogP contribution < -0.4 is 9.47 Å². The Morgan fingerprint density at radius 2 is 2.11 bits per heavy atom. The molecule has 3 heterocycles. The number of aromatic nitrogens is 2. The topological polar surface area (TPSA) is 56.6 Å². The van der Waals surface area contributed by atoms with E-state index in [1.807, 2.05) is 35.7 Å². The minimum absolute atomic E-state index is 0.0518. The Kier molecular flexibility index (Phi) is 4.58. The maximum Gasteiger partial charge on any atom is 0.257 e. The SMILES string of the molecule is CCn1cc(C(=O)N2CCC[C@](C)(Cc3ccc4c(c3)OCO4)C2)c(C)n1. The molecule has 1 aromatic heterocycles. The first-order valence-electron chi connectivity index (χ1n) is 9.69. The molecule has 1 aromatic carbocycles. The molecule has 0 aliphatic carbocycles. The number of carbonyl (C=O) groups is 1. The van der Waals surface area contributed by atoms with Crippen LogP contribution >= 0.6 is 0 Å². The molecule has 1 atom stereocenters. The van der Waals surface area contributed by atoms with Gasteiger partial charge in [-0.1, -0.05) is 13.0 Å². The molecule has 0 unspecified atom stereocenters. The van der Waals surface area contributed by atoms with Crippen molar-refractivity contribution in [1.29, 1.82) is 0 Å². The van der Waals surface area contributed by atoms with Crippen molar-refractivity contribution >= 4 is 5.91 Å². The molecule has 4 rings (SSSR count). The van der Waals surface area contributed by atoms with Crippen LogP contribution in [0.4, 0.5) is 0 Å². The van der Waals surface area contributed by atoms with Gasteiger partial charge in [0.05, 0.1) is 11.3 Å². The predicted octanol–water partition coefficient (Wildman–Crippen LogP) is 3.43. The summed E-state index contributed by atoms with van der Waals surface area (Å²) in [5, 5.41) is 4.43. The number of hydrogen-bond acceptors (Lipinski definition) is 4. The highest BCUT2D eigenvalue weighted by Crippen LogP contribution is 2.38. The zero-order chi connectivity index (χ0) is 19.0. The van der Waals surface area contributed by atoms with Crippen LogP contribution in [0.3, 0.4) is 0 Å². The number of aryl methyl sites for hydroxylation is 2. The van der Waals surface area contributed by atoms with Crippen molar-refractivity contribution in [2.45, 2.75) is 46.6 Å². The summed E-state index contributed by atoms with van der Waals surface area (Å²) < 4.78 is 12.7. The van der Waals surface area contributed by atoms with Gasteiger partial charge in [0.15, 0.2) is 11.5 Å². The monoisotopic (exact) mass is 369 g/mol. The van der Waals surface area contributed by atoms with Gasteiger partial charge in [-0.05, 0) is 56.2 Å². The molecule has 2 aliphatic heterocycles. The van der Waals surface area contributed by atoms with Gasteiger partial charge in [-0.3, -0.25) is 9.48 Å². The standard InChI is InChI=1S/C21H27N3O3/c1-4-24-12-17(15(2)22-24)20(25)23-9-5-8-21(3,13-23)11-16-6-7-18-19(10-16)27-14-26-18/h6-7,10,12H,4-5,8-9,11,13-14H2,1-3H3/t21-/m1/s1. The van der Waals surface area contributed by atoms with Gasteiger partial charge in [0.2, 0.25) is 6.79 Å². The molecule has 27 heavy (non-hydrogen) atoms. The lowest BCUT2D eigenvalue weighted by Gasteiger charge is -2.40. The number of nitrogens with zero attached hydrogens (tertiary/aromatic N) is 3. The first-order chi connectivity index (χ1) is 13.0. The molecule has 2 aliphatic rings. The molecule has 144 valence electrons. The van der Waals surface area contributed by atoms with Gasteiger partial charge in [-0.2, -0.15) is 5.10 Å². The zero-order valence-electron chi connectivity index (χ0n) is 16.3. The number of amides is 1. The minimum atomic E-state index is 0.0518. The Morgan fingerprint density at radius 1 is 1.30 bits per heavy atom. The highest BCUT2D eigenvalue weighted by Gasteiger charge is 2.34. The van der Waals surface area contributed by atoms with E-state index in [2.05, 4.69) is 24.2 Å². The third-order valence-electron chi connectivity index (χ3n) is 5.64. The van der Waals surface area contributed by atoms with Crippen LogP contribution in [-0.4, -0.2) is 40.5 Å². The Balaban J connectivity index is 1.49. The Morgan fingerprint density at radius 3 is 2.89 bits per heavy atom. The summed E-state index contributed by atoms with van der Waals surface area (Å²) in [6.07, 6.45) is 4.92. The van der Waals surface area contributed by atoms with Crippen molar-refractivity contribution in [3.8, 4) is 11.5 Å². The highest BCUT2D eigenvalue weighted by molar-refractivity contribution is 5.95. The minimum Gasteiger partial charge on any atom is -0.454 e. The second kappa shape index (κ2) is 6.91. The van der Waals surface area contributed by atoms with Gasteiger partial charge in [-0.25, -0.2) is 0 Å². The molecule has 0 bridgehead atoms. The summed E-state index contributed by atoms with van der Waals surface area (Å²) in [6, 6.07) is 6.16. The maximum absolute atomic E-state index is 13.1. The number of rotatable bonds is 4. The number of ether oxygens (including phenoxy) is 2. The van der Waals surface area contributed by atoms with Crippen LogP contribution in [0, 0.1) is 12.3 Å². The van der Waals surface area contributed by atoms with Crippen LogP contribution in [0.15, 0.2) is 24.4 Å².